The molecule has 0 atom stereocenters. The molecule has 0 amide bonds. The molecule has 0 unspecified atom stereocenters. The summed E-state index contributed by atoms with van der Waals surface area (Å²) in [4.78, 5) is 16.2. The molecular formula is C56H41N3OS. The standard InChI is InChI=1S/C56H41N3OS/c1-3-13-43-40(11-1)51-41(12-9-16-46(51)56(43)44-14-4-6-17-47(44)60-48-18-7-5-15-45(48)56)54-58-52(36-20-23-38(24-21-36)55-30-33-26-34(31-55)28-35(27-33)32-55)57-53(59-54)37-22-25-50-42(29-37)39-10-2-8-19-49(39)61-50/h1-25,29,33-35H,26-28,30-32H2. The van der Waals surface area contributed by atoms with E-state index in [1.807, 2.05) is 11.3 Å². The summed E-state index contributed by atoms with van der Waals surface area (Å²) in [6.45, 7) is 0. The molecule has 292 valence electrons. The van der Waals surface area contributed by atoms with Gasteiger partial charge in [-0.3, -0.25) is 0 Å². The average molecular weight is 804 g/mol. The van der Waals surface area contributed by atoms with Crippen molar-refractivity contribution in [1.82, 2.24) is 15.0 Å². The molecule has 1 spiro atoms. The maximum absolute atomic E-state index is 6.63. The van der Waals surface area contributed by atoms with E-state index >= 15 is 0 Å². The number of thiophene rings is 1. The third-order valence-corrected chi connectivity index (χ3v) is 16.3. The second-order valence-corrected chi connectivity index (χ2v) is 19.6. The molecular weight excluding hydrogens is 763 g/mol. The molecule has 2 aromatic heterocycles. The van der Waals surface area contributed by atoms with E-state index in [0.29, 0.717) is 22.9 Å². The predicted molar refractivity (Wildman–Crippen MR) is 246 cm³/mol. The molecule has 0 N–H and O–H groups in total. The van der Waals surface area contributed by atoms with Gasteiger partial charge < -0.3 is 4.74 Å². The van der Waals surface area contributed by atoms with E-state index in [4.69, 9.17) is 19.7 Å². The number of para-hydroxylation sites is 2. The van der Waals surface area contributed by atoms with Crippen molar-refractivity contribution in [1.29, 1.82) is 0 Å². The summed E-state index contributed by atoms with van der Waals surface area (Å²) in [6, 6.07) is 57.5. The predicted octanol–water partition coefficient (Wildman–Crippen LogP) is 14.2. The molecule has 1 aliphatic heterocycles. The van der Waals surface area contributed by atoms with Gasteiger partial charge in [0.1, 0.15) is 11.5 Å². The van der Waals surface area contributed by atoms with E-state index in [0.717, 1.165) is 62.6 Å². The number of hydrogen-bond donors (Lipinski definition) is 0. The first-order valence-corrected chi connectivity index (χ1v) is 22.8. The van der Waals surface area contributed by atoms with Crippen LogP contribution in [0.25, 0.3) is 65.5 Å². The Kier molecular flexibility index (Phi) is 7.06. The number of aromatic nitrogens is 3. The van der Waals surface area contributed by atoms with E-state index in [9.17, 15) is 0 Å². The van der Waals surface area contributed by atoms with Gasteiger partial charge in [-0.2, -0.15) is 0 Å². The molecule has 0 saturated heterocycles. The Morgan fingerprint density at radius 3 is 1.75 bits per heavy atom. The maximum Gasteiger partial charge on any atom is 0.164 e. The summed E-state index contributed by atoms with van der Waals surface area (Å²) in [5.41, 5.74) is 11.4. The second-order valence-electron chi connectivity index (χ2n) is 18.5. The number of ether oxygens (including phenoxy) is 1. The zero-order chi connectivity index (χ0) is 39.9. The summed E-state index contributed by atoms with van der Waals surface area (Å²) in [5.74, 6) is 6.53. The smallest absolute Gasteiger partial charge is 0.164 e. The Hall–Kier alpha value is -6.43. The van der Waals surface area contributed by atoms with Gasteiger partial charge in [0.05, 0.1) is 5.41 Å². The van der Waals surface area contributed by atoms with E-state index in [1.54, 1.807) is 0 Å². The normalized spacial score (nSPS) is 22.2. The molecule has 4 nitrogen and oxygen atoms in total. The lowest BCUT2D eigenvalue weighted by Gasteiger charge is -2.57. The Labute approximate surface area is 359 Å². The Balaban J connectivity index is 0.984. The molecule has 0 radical (unpaired) electrons. The van der Waals surface area contributed by atoms with Gasteiger partial charge in [0, 0.05) is 48.0 Å². The summed E-state index contributed by atoms with van der Waals surface area (Å²) >= 11 is 1.83. The maximum atomic E-state index is 6.63. The first-order chi connectivity index (χ1) is 30.1. The van der Waals surface area contributed by atoms with Crippen molar-refractivity contribution in [3.05, 3.63) is 186 Å². The largest absolute Gasteiger partial charge is 0.457 e. The zero-order valence-electron chi connectivity index (χ0n) is 33.6. The minimum absolute atomic E-state index is 0.330. The van der Waals surface area contributed by atoms with Crippen LogP contribution in [0.2, 0.25) is 0 Å². The van der Waals surface area contributed by atoms with Gasteiger partial charge in [-0.25, -0.2) is 15.0 Å². The SMILES string of the molecule is c1ccc2c(c1)Oc1ccccc1C21c2ccccc2-c2c(-c3nc(-c4ccc(C56CC7CC(CC(C7)C5)C6)cc4)nc(-c4ccc5sc6ccccc6c5c4)n3)cccc21. The van der Waals surface area contributed by atoms with Gasteiger partial charge >= 0.3 is 0 Å². The van der Waals surface area contributed by atoms with E-state index < -0.39 is 5.41 Å². The molecule has 15 rings (SSSR count). The summed E-state index contributed by atoms with van der Waals surface area (Å²) in [5, 5.41) is 2.49. The van der Waals surface area contributed by atoms with Gasteiger partial charge in [-0.05, 0) is 126 Å². The summed E-state index contributed by atoms with van der Waals surface area (Å²) in [6.07, 6.45) is 8.39. The van der Waals surface area contributed by atoms with Gasteiger partial charge in [0.2, 0.25) is 0 Å². The van der Waals surface area contributed by atoms with Crippen LogP contribution in [0.3, 0.4) is 0 Å². The minimum atomic E-state index is -0.579. The van der Waals surface area contributed by atoms with E-state index in [1.165, 1.54) is 81.0 Å². The lowest BCUT2D eigenvalue weighted by atomic mass is 9.48. The van der Waals surface area contributed by atoms with Gasteiger partial charge in [-0.15, -0.1) is 11.3 Å². The van der Waals surface area contributed by atoms with Crippen LogP contribution in [0, 0.1) is 17.8 Å². The molecule has 5 heteroatoms. The van der Waals surface area contributed by atoms with Crippen LogP contribution in [-0.4, -0.2) is 15.0 Å². The van der Waals surface area contributed by atoms with Crippen LogP contribution in [0.4, 0.5) is 0 Å². The molecule has 7 aromatic carbocycles. The number of fused-ring (bicyclic) bond motifs is 12. The molecule has 4 fully saturated rings. The highest BCUT2D eigenvalue weighted by molar-refractivity contribution is 7.25. The van der Waals surface area contributed by atoms with Crippen LogP contribution in [-0.2, 0) is 10.8 Å². The molecule has 5 aliphatic carbocycles. The molecule has 4 bridgehead atoms. The Morgan fingerprint density at radius 2 is 1.02 bits per heavy atom. The highest BCUT2D eigenvalue weighted by Crippen LogP contribution is 2.64. The van der Waals surface area contributed by atoms with Crippen molar-refractivity contribution in [2.45, 2.75) is 49.4 Å². The van der Waals surface area contributed by atoms with Crippen molar-refractivity contribution < 1.29 is 4.74 Å². The van der Waals surface area contributed by atoms with E-state index in [2.05, 4.69) is 158 Å². The molecule has 61 heavy (non-hydrogen) atoms. The van der Waals surface area contributed by atoms with Crippen LogP contribution >= 0.6 is 11.3 Å². The van der Waals surface area contributed by atoms with Crippen LogP contribution < -0.4 is 4.74 Å². The van der Waals surface area contributed by atoms with Gasteiger partial charge in [0.25, 0.3) is 0 Å². The summed E-state index contributed by atoms with van der Waals surface area (Å²) in [7, 11) is 0. The monoisotopic (exact) mass is 803 g/mol. The Bertz CT molecular complexity index is 3210. The zero-order valence-corrected chi connectivity index (χ0v) is 34.5. The number of rotatable bonds is 4. The van der Waals surface area contributed by atoms with Gasteiger partial charge in [-0.1, -0.05) is 121 Å². The first-order valence-electron chi connectivity index (χ1n) is 22.0. The van der Waals surface area contributed by atoms with Crippen LogP contribution in [0.1, 0.15) is 66.3 Å². The van der Waals surface area contributed by atoms with Crippen molar-refractivity contribution in [2.24, 2.45) is 17.8 Å². The van der Waals surface area contributed by atoms with Crippen molar-refractivity contribution in [3.63, 3.8) is 0 Å². The third-order valence-electron chi connectivity index (χ3n) is 15.2. The topological polar surface area (TPSA) is 47.9 Å². The summed E-state index contributed by atoms with van der Waals surface area (Å²) < 4.78 is 9.18. The highest BCUT2D eigenvalue weighted by atomic mass is 32.1. The fourth-order valence-electron chi connectivity index (χ4n) is 13.1. The van der Waals surface area contributed by atoms with Crippen LogP contribution in [0.5, 0.6) is 11.5 Å². The molecule has 6 aliphatic rings. The lowest BCUT2D eigenvalue weighted by Crippen LogP contribution is -2.48. The second kappa shape index (κ2) is 12.6. The molecule has 4 saturated carbocycles. The van der Waals surface area contributed by atoms with Crippen molar-refractivity contribution >= 4 is 31.5 Å². The van der Waals surface area contributed by atoms with Crippen molar-refractivity contribution in [3.8, 4) is 56.8 Å². The number of nitrogens with zero attached hydrogens (tertiary/aromatic N) is 3. The molecule has 9 aromatic rings. The first kappa shape index (κ1) is 34.3. The Morgan fingerprint density at radius 1 is 0.459 bits per heavy atom. The van der Waals surface area contributed by atoms with Crippen LogP contribution in [0.15, 0.2) is 158 Å². The third kappa shape index (κ3) is 4.84. The highest BCUT2D eigenvalue weighted by Gasteiger charge is 2.53. The minimum Gasteiger partial charge on any atom is -0.457 e. The van der Waals surface area contributed by atoms with Gasteiger partial charge in [0.15, 0.2) is 17.5 Å². The molecule has 3 heterocycles. The average Bonchev–Trinajstić information content (AvgIpc) is 3.82. The van der Waals surface area contributed by atoms with E-state index in [-0.39, 0.29) is 0 Å². The fourth-order valence-corrected chi connectivity index (χ4v) is 14.2. The lowest BCUT2D eigenvalue weighted by molar-refractivity contribution is -0.00518. The quantitative estimate of drug-likeness (QED) is 0.178. The number of benzene rings is 7. The number of hydrogen-bond acceptors (Lipinski definition) is 5. The van der Waals surface area contributed by atoms with Crippen molar-refractivity contribution in [2.75, 3.05) is 0 Å². The fraction of sp³-hybridized carbons (Fsp3) is 0.196.